The summed E-state index contributed by atoms with van der Waals surface area (Å²) in [6.07, 6.45) is 2.13. The van der Waals surface area contributed by atoms with Gasteiger partial charge in [-0.1, -0.05) is 35.9 Å². The Morgan fingerprint density at radius 2 is 1.90 bits per heavy atom. The third-order valence-corrected chi connectivity index (χ3v) is 4.79. The van der Waals surface area contributed by atoms with Crippen molar-refractivity contribution in [3.8, 4) is 0 Å². The first-order valence-corrected chi connectivity index (χ1v) is 8.30. The van der Waals surface area contributed by atoms with Crippen LogP contribution in [-0.2, 0) is 11.2 Å². The van der Waals surface area contributed by atoms with Crippen LogP contribution in [0, 0.1) is 6.92 Å². The molecule has 0 N–H and O–H groups in total. The second-order valence-electron chi connectivity index (χ2n) is 5.38. The van der Waals surface area contributed by atoms with Gasteiger partial charge in [0.2, 0.25) is 5.91 Å². The first kappa shape index (κ1) is 14.2. The van der Waals surface area contributed by atoms with Crippen molar-refractivity contribution in [2.45, 2.75) is 24.7 Å². The Morgan fingerprint density at radius 1 is 1.14 bits per heavy atom. The molecule has 0 unspecified atom stereocenters. The molecule has 21 heavy (non-hydrogen) atoms. The fraction of sp³-hybridized carbons (Fsp3) is 0.278. The molecule has 1 aliphatic rings. The van der Waals surface area contributed by atoms with E-state index in [2.05, 4.69) is 43.3 Å². The molecule has 0 saturated carbocycles. The molecule has 1 aliphatic heterocycles. The number of carbonyl (C=O) groups excluding carboxylic acids is 1. The number of hydrogen-bond donors (Lipinski definition) is 0. The average Bonchev–Trinajstić information content (AvgIpc) is 2.53. The van der Waals surface area contributed by atoms with Crippen LogP contribution in [0.1, 0.15) is 17.5 Å². The highest BCUT2D eigenvalue weighted by molar-refractivity contribution is 8.00. The number of aryl methyl sites for hydroxylation is 2. The predicted octanol–water partition coefficient (Wildman–Crippen LogP) is 4.07. The second-order valence-corrected chi connectivity index (χ2v) is 6.43. The molecule has 0 aliphatic carbocycles. The molecule has 0 spiro atoms. The summed E-state index contributed by atoms with van der Waals surface area (Å²) >= 11 is 1.61. The Morgan fingerprint density at radius 3 is 2.71 bits per heavy atom. The molecule has 0 bridgehead atoms. The average molecular weight is 297 g/mol. The van der Waals surface area contributed by atoms with Crippen LogP contribution < -0.4 is 4.90 Å². The van der Waals surface area contributed by atoms with E-state index >= 15 is 0 Å². The van der Waals surface area contributed by atoms with Gasteiger partial charge in [-0.05, 0) is 43.5 Å². The molecule has 2 aromatic rings. The quantitative estimate of drug-likeness (QED) is 0.796. The number of benzene rings is 2. The van der Waals surface area contributed by atoms with Crippen LogP contribution in [0.25, 0.3) is 0 Å². The minimum absolute atomic E-state index is 0.202. The molecule has 108 valence electrons. The summed E-state index contributed by atoms with van der Waals surface area (Å²) in [5, 5.41) is 0. The highest BCUT2D eigenvalue weighted by Gasteiger charge is 2.21. The lowest BCUT2D eigenvalue weighted by Gasteiger charge is -2.29. The molecule has 2 aromatic carbocycles. The highest BCUT2D eigenvalue weighted by Crippen LogP contribution is 2.28. The molecule has 2 nitrogen and oxygen atoms in total. The van der Waals surface area contributed by atoms with Gasteiger partial charge in [0.05, 0.1) is 5.75 Å². The molecule has 0 atom stereocenters. The van der Waals surface area contributed by atoms with Crippen molar-refractivity contribution in [1.82, 2.24) is 0 Å². The first-order chi connectivity index (χ1) is 10.2. The Hall–Kier alpha value is -1.74. The Kier molecular flexibility index (Phi) is 4.30. The van der Waals surface area contributed by atoms with E-state index in [0.717, 1.165) is 30.0 Å². The Labute approximate surface area is 130 Å². The number of carbonyl (C=O) groups is 1. The van der Waals surface area contributed by atoms with E-state index in [1.807, 2.05) is 17.0 Å². The van der Waals surface area contributed by atoms with Crippen LogP contribution >= 0.6 is 11.8 Å². The van der Waals surface area contributed by atoms with E-state index in [1.165, 1.54) is 11.1 Å². The van der Waals surface area contributed by atoms with Gasteiger partial charge in [0.25, 0.3) is 0 Å². The third kappa shape index (κ3) is 3.30. The lowest BCUT2D eigenvalue weighted by atomic mass is 10.0. The maximum atomic E-state index is 12.5. The van der Waals surface area contributed by atoms with Crippen LogP contribution in [0.2, 0.25) is 0 Å². The van der Waals surface area contributed by atoms with Gasteiger partial charge < -0.3 is 4.90 Å². The van der Waals surface area contributed by atoms with E-state index in [9.17, 15) is 4.79 Å². The topological polar surface area (TPSA) is 20.3 Å². The van der Waals surface area contributed by atoms with Crippen LogP contribution in [-0.4, -0.2) is 18.2 Å². The molecule has 3 rings (SSSR count). The minimum atomic E-state index is 0.202. The van der Waals surface area contributed by atoms with Gasteiger partial charge in [0.1, 0.15) is 0 Å². The number of nitrogens with zero attached hydrogens (tertiary/aromatic N) is 1. The van der Waals surface area contributed by atoms with E-state index in [-0.39, 0.29) is 5.91 Å². The largest absolute Gasteiger partial charge is 0.311 e. The van der Waals surface area contributed by atoms with Crippen LogP contribution in [0.5, 0.6) is 0 Å². The maximum Gasteiger partial charge on any atom is 0.237 e. The normalized spacial score (nSPS) is 13.9. The van der Waals surface area contributed by atoms with Gasteiger partial charge in [0.15, 0.2) is 0 Å². The zero-order valence-corrected chi connectivity index (χ0v) is 13.0. The summed E-state index contributed by atoms with van der Waals surface area (Å²) in [6.45, 7) is 2.91. The standard InChI is InChI=1S/C18H19NOS/c1-14-8-10-16(11-9-14)21-13-18(20)19-12-4-6-15-5-2-3-7-17(15)19/h2-3,5,7-11H,4,6,12-13H2,1H3. The van der Waals surface area contributed by atoms with Crippen LogP contribution in [0.4, 0.5) is 5.69 Å². The summed E-state index contributed by atoms with van der Waals surface area (Å²) in [4.78, 5) is 15.6. The molecular weight excluding hydrogens is 278 g/mol. The Bertz CT molecular complexity index is 636. The van der Waals surface area contributed by atoms with E-state index < -0.39 is 0 Å². The summed E-state index contributed by atoms with van der Waals surface area (Å²) in [5.41, 5.74) is 3.63. The molecule has 0 radical (unpaired) electrons. The molecule has 1 amide bonds. The number of para-hydroxylation sites is 1. The number of rotatable bonds is 3. The summed E-state index contributed by atoms with van der Waals surface area (Å²) in [7, 11) is 0. The fourth-order valence-corrected chi connectivity index (χ4v) is 3.42. The SMILES string of the molecule is Cc1ccc(SCC(=O)N2CCCc3ccccc32)cc1. The van der Waals surface area contributed by atoms with Crippen LogP contribution in [0.15, 0.2) is 53.4 Å². The number of amides is 1. The lowest BCUT2D eigenvalue weighted by Crippen LogP contribution is -2.36. The molecule has 0 fully saturated rings. The smallest absolute Gasteiger partial charge is 0.237 e. The number of thioether (sulfide) groups is 1. The zero-order chi connectivity index (χ0) is 14.7. The second kappa shape index (κ2) is 6.35. The van der Waals surface area contributed by atoms with Crippen LogP contribution in [0.3, 0.4) is 0 Å². The summed E-state index contributed by atoms with van der Waals surface area (Å²) < 4.78 is 0. The lowest BCUT2D eigenvalue weighted by molar-refractivity contribution is -0.116. The molecule has 1 heterocycles. The predicted molar refractivity (Wildman–Crippen MR) is 89.0 cm³/mol. The maximum absolute atomic E-state index is 12.5. The van der Waals surface area contributed by atoms with E-state index in [0.29, 0.717) is 5.75 Å². The van der Waals surface area contributed by atoms with Gasteiger partial charge in [-0.3, -0.25) is 4.79 Å². The first-order valence-electron chi connectivity index (χ1n) is 7.32. The van der Waals surface area contributed by atoms with Crippen molar-refractivity contribution in [3.63, 3.8) is 0 Å². The monoisotopic (exact) mass is 297 g/mol. The van der Waals surface area contributed by atoms with Crippen molar-refractivity contribution < 1.29 is 4.79 Å². The molecule has 0 saturated heterocycles. The summed E-state index contributed by atoms with van der Waals surface area (Å²) in [6, 6.07) is 16.6. The van der Waals surface area contributed by atoms with Gasteiger partial charge in [-0.25, -0.2) is 0 Å². The number of fused-ring (bicyclic) bond motifs is 1. The number of anilines is 1. The van der Waals surface area contributed by atoms with Gasteiger partial charge in [0, 0.05) is 17.1 Å². The van der Waals surface area contributed by atoms with E-state index in [1.54, 1.807) is 11.8 Å². The fourth-order valence-electron chi connectivity index (χ4n) is 2.65. The molecular formula is C18H19NOS. The van der Waals surface area contributed by atoms with Gasteiger partial charge in [-0.15, -0.1) is 11.8 Å². The third-order valence-electron chi connectivity index (χ3n) is 3.79. The summed E-state index contributed by atoms with van der Waals surface area (Å²) in [5.74, 6) is 0.699. The molecule has 0 aromatic heterocycles. The van der Waals surface area contributed by atoms with Crippen molar-refractivity contribution >= 4 is 23.4 Å². The Balaban J connectivity index is 1.68. The molecule has 3 heteroatoms. The van der Waals surface area contributed by atoms with Gasteiger partial charge >= 0.3 is 0 Å². The van der Waals surface area contributed by atoms with Gasteiger partial charge in [-0.2, -0.15) is 0 Å². The minimum Gasteiger partial charge on any atom is -0.311 e. The van der Waals surface area contributed by atoms with Crippen molar-refractivity contribution in [3.05, 3.63) is 59.7 Å². The van der Waals surface area contributed by atoms with Crippen molar-refractivity contribution in [2.24, 2.45) is 0 Å². The van der Waals surface area contributed by atoms with Crippen molar-refractivity contribution in [1.29, 1.82) is 0 Å². The van der Waals surface area contributed by atoms with Crippen molar-refractivity contribution in [2.75, 3.05) is 17.2 Å². The number of hydrogen-bond acceptors (Lipinski definition) is 2. The van der Waals surface area contributed by atoms with E-state index in [4.69, 9.17) is 0 Å². The highest BCUT2D eigenvalue weighted by atomic mass is 32.2. The zero-order valence-electron chi connectivity index (χ0n) is 12.2.